The number of fused-ring (bicyclic) bond motifs is 1. The molecule has 0 saturated heterocycles. The molecule has 0 radical (unpaired) electrons. The van der Waals surface area contributed by atoms with Crippen molar-refractivity contribution >= 4 is 59.2 Å². The molecule has 5 rings (SSSR count). The van der Waals surface area contributed by atoms with Crippen molar-refractivity contribution in [3.8, 4) is 5.88 Å². The molecule has 3 aromatic rings. The first-order chi connectivity index (χ1) is 18.8. The summed E-state index contributed by atoms with van der Waals surface area (Å²) in [5.74, 6) is 1.81. The SMILES string of the molecule is Cc1cc(Nc2ccc3c(n2)c(OC2CCC(C(=O)OCC[Si](C)(C)C)C(C)(C)C2)nn3C)c(C2CC2)cc1I. The number of rotatable bonds is 9. The van der Waals surface area contributed by atoms with Crippen LogP contribution in [0.3, 0.4) is 0 Å². The number of hydrogen-bond acceptors (Lipinski definition) is 6. The second kappa shape index (κ2) is 11.3. The third kappa shape index (κ3) is 6.66. The van der Waals surface area contributed by atoms with Crippen molar-refractivity contribution in [2.24, 2.45) is 18.4 Å². The maximum Gasteiger partial charge on any atom is 0.309 e. The molecule has 2 fully saturated rings. The second-order valence-corrected chi connectivity index (χ2v) is 20.4. The highest BCUT2D eigenvalue weighted by atomic mass is 127. The van der Waals surface area contributed by atoms with Crippen LogP contribution in [0.1, 0.15) is 63.0 Å². The van der Waals surface area contributed by atoms with Crippen LogP contribution in [0.25, 0.3) is 11.0 Å². The summed E-state index contributed by atoms with van der Waals surface area (Å²) in [6, 6.07) is 9.61. The Morgan fingerprint density at radius 3 is 2.60 bits per heavy atom. The summed E-state index contributed by atoms with van der Waals surface area (Å²) in [5, 5.41) is 8.29. The Bertz CT molecular complexity index is 1410. The van der Waals surface area contributed by atoms with Crippen LogP contribution in [-0.4, -0.2) is 41.5 Å². The van der Waals surface area contributed by atoms with E-state index in [9.17, 15) is 4.79 Å². The number of carbonyl (C=O) groups excluding carboxylic acids is 1. The zero-order valence-corrected chi connectivity index (χ0v) is 28.1. The van der Waals surface area contributed by atoms with E-state index < -0.39 is 8.07 Å². The van der Waals surface area contributed by atoms with E-state index in [0.717, 1.165) is 47.8 Å². The van der Waals surface area contributed by atoms with E-state index in [1.807, 2.05) is 17.8 Å². The lowest BCUT2D eigenvalue weighted by atomic mass is 9.68. The highest BCUT2D eigenvalue weighted by Crippen LogP contribution is 2.45. The van der Waals surface area contributed by atoms with Crippen molar-refractivity contribution in [2.45, 2.75) is 90.6 Å². The molecule has 2 aromatic heterocycles. The number of halogens is 1. The van der Waals surface area contributed by atoms with Gasteiger partial charge >= 0.3 is 5.97 Å². The summed E-state index contributed by atoms with van der Waals surface area (Å²) < 4.78 is 15.4. The summed E-state index contributed by atoms with van der Waals surface area (Å²) >= 11 is 2.42. The maximum absolute atomic E-state index is 13.0. The number of carbonyl (C=O) groups is 1. The van der Waals surface area contributed by atoms with E-state index in [4.69, 9.17) is 19.6 Å². The van der Waals surface area contributed by atoms with Gasteiger partial charge in [0.05, 0.1) is 18.0 Å². The summed E-state index contributed by atoms with van der Waals surface area (Å²) in [4.78, 5) is 17.9. The lowest BCUT2D eigenvalue weighted by Crippen LogP contribution is -2.42. The Kier molecular flexibility index (Phi) is 8.27. The summed E-state index contributed by atoms with van der Waals surface area (Å²) in [7, 11) is 0.688. The van der Waals surface area contributed by atoms with Crippen molar-refractivity contribution < 1.29 is 14.3 Å². The topological polar surface area (TPSA) is 78.3 Å². The Labute approximate surface area is 253 Å². The summed E-state index contributed by atoms with van der Waals surface area (Å²) in [6.45, 7) is 13.9. The first-order valence-electron chi connectivity index (χ1n) is 14.5. The van der Waals surface area contributed by atoms with Crippen LogP contribution in [0.2, 0.25) is 25.7 Å². The first-order valence-corrected chi connectivity index (χ1v) is 19.3. The zero-order valence-electron chi connectivity index (χ0n) is 24.9. The highest BCUT2D eigenvalue weighted by Gasteiger charge is 2.43. The standard InChI is InChI=1S/C31H43IN4O3Si/c1-19-16-25(22(17-24(19)32)20-8-9-20)33-27-13-12-26-28(34-27)29(35-36(26)4)39-21-10-11-23(31(2,3)18-21)30(37)38-14-15-40(5,6)7/h12-13,16-17,20-21,23H,8-11,14-15,18H2,1-7H3,(H,33,34). The van der Waals surface area contributed by atoms with Gasteiger partial charge in [-0.1, -0.05) is 33.5 Å². The monoisotopic (exact) mass is 674 g/mol. The van der Waals surface area contributed by atoms with Gasteiger partial charge in [0.15, 0.2) is 5.52 Å². The van der Waals surface area contributed by atoms with Crippen LogP contribution >= 0.6 is 22.6 Å². The van der Waals surface area contributed by atoms with Gasteiger partial charge < -0.3 is 14.8 Å². The van der Waals surface area contributed by atoms with Gasteiger partial charge in [-0.2, -0.15) is 0 Å². The van der Waals surface area contributed by atoms with E-state index in [2.05, 4.69) is 86.5 Å². The molecule has 1 N–H and O–H groups in total. The number of nitrogens with zero attached hydrogens (tertiary/aromatic N) is 3. The number of aryl methyl sites for hydroxylation is 2. The Balaban J connectivity index is 1.30. The van der Waals surface area contributed by atoms with Crippen molar-refractivity contribution in [1.29, 1.82) is 0 Å². The largest absolute Gasteiger partial charge is 0.472 e. The molecule has 1 aromatic carbocycles. The second-order valence-electron chi connectivity index (χ2n) is 13.6. The lowest BCUT2D eigenvalue weighted by molar-refractivity contribution is -0.155. The normalized spacial score (nSPS) is 20.9. The molecule has 2 aliphatic rings. The molecule has 9 heteroatoms. The average molecular weight is 675 g/mol. The van der Waals surface area contributed by atoms with Crippen LogP contribution in [0, 0.1) is 21.8 Å². The summed E-state index contributed by atoms with van der Waals surface area (Å²) in [5.41, 5.74) is 5.24. The van der Waals surface area contributed by atoms with Crippen LogP contribution in [0.15, 0.2) is 24.3 Å². The third-order valence-electron chi connectivity index (χ3n) is 8.41. The molecule has 2 heterocycles. The fourth-order valence-electron chi connectivity index (χ4n) is 5.76. The van der Waals surface area contributed by atoms with Gasteiger partial charge in [0, 0.05) is 24.4 Å². The number of anilines is 2. The molecule has 2 atom stereocenters. The van der Waals surface area contributed by atoms with Gasteiger partial charge in [0.2, 0.25) is 0 Å². The van der Waals surface area contributed by atoms with Crippen molar-refractivity contribution in [1.82, 2.24) is 14.8 Å². The number of ether oxygens (including phenoxy) is 2. The smallest absolute Gasteiger partial charge is 0.309 e. The zero-order chi connectivity index (χ0) is 28.8. The molecule has 40 heavy (non-hydrogen) atoms. The van der Waals surface area contributed by atoms with Crippen LogP contribution < -0.4 is 10.1 Å². The molecule has 2 aliphatic carbocycles. The Morgan fingerprint density at radius 2 is 1.93 bits per heavy atom. The molecule has 0 spiro atoms. The predicted octanol–water partition coefficient (Wildman–Crippen LogP) is 7.96. The lowest BCUT2D eigenvalue weighted by Gasteiger charge is -2.40. The number of pyridine rings is 1. The van der Waals surface area contributed by atoms with Gasteiger partial charge in [-0.3, -0.25) is 9.48 Å². The van der Waals surface area contributed by atoms with Crippen LogP contribution in [0.5, 0.6) is 5.88 Å². The number of nitrogens with one attached hydrogen (secondary N) is 1. The molecule has 2 unspecified atom stereocenters. The molecule has 7 nitrogen and oxygen atoms in total. The average Bonchev–Trinajstić information content (AvgIpc) is 3.65. The van der Waals surface area contributed by atoms with Gasteiger partial charge in [-0.25, -0.2) is 4.98 Å². The fraction of sp³-hybridized carbons (Fsp3) is 0.581. The van der Waals surface area contributed by atoms with Crippen molar-refractivity contribution in [3.63, 3.8) is 0 Å². The number of hydrogen-bond donors (Lipinski definition) is 1. The summed E-state index contributed by atoms with van der Waals surface area (Å²) in [6.07, 6.45) is 4.78. The first kappa shape index (κ1) is 29.4. The van der Waals surface area contributed by atoms with Crippen molar-refractivity contribution in [2.75, 3.05) is 11.9 Å². The van der Waals surface area contributed by atoms with Gasteiger partial charge in [0.25, 0.3) is 5.88 Å². The quantitative estimate of drug-likeness (QED) is 0.141. The minimum atomic E-state index is -1.24. The number of esters is 1. The highest BCUT2D eigenvalue weighted by molar-refractivity contribution is 14.1. The van der Waals surface area contributed by atoms with Gasteiger partial charge in [-0.05, 0) is 114 Å². The van der Waals surface area contributed by atoms with Crippen molar-refractivity contribution in [3.05, 3.63) is 39.0 Å². The molecular weight excluding hydrogens is 631 g/mol. The fourth-order valence-corrected chi connectivity index (χ4v) is 6.97. The third-order valence-corrected chi connectivity index (χ3v) is 11.3. The number of benzene rings is 1. The van der Waals surface area contributed by atoms with E-state index in [1.54, 1.807) is 0 Å². The Morgan fingerprint density at radius 1 is 1.18 bits per heavy atom. The van der Waals surface area contributed by atoms with E-state index in [-0.39, 0.29) is 23.4 Å². The van der Waals surface area contributed by atoms with Gasteiger partial charge in [-0.15, -0.1) is 5.10 Å². The predicted molar refractivity (Wildman–Crippen MR) is 172 cm³/mol. The van der Waals surface area contributed by atoms with Crippen LogP contribution in [0.4, 0.5) is 11.5 Å². The molecule has 0 amide bonds. The molecule has 0 aliphatic heterocycles. The molecule has 0 bridgehead atoms. The number of aromatic nitrogens is 3. The van der Waals surface area contributed by atoms with E-state index in [0.29, 0.717) is 18.4 Å². The minimum absolute atomic E-state index is 0.0298. The maximum atomic E-state index is 13.0. The van der Waals surface area contributed by atoms with E-state index in [1.165, 1.54) is 27.5 Å². The minimum Gasteiger partial charge on any atom is -0.472 e. The van der Waals surface area contributed by atoms with Crippen LogP contribution in [-0.2, 0) is 16.6 Å². The Hall–Kier alpha value is -2.14. The molecule has 2 saturated carbocycles. The van der Waals surface area contributed by atoms with Gasteiger partial charge in [0.1, 0.15) is 11.9 Å². The molecule has 216 valence electrons. The van der Waals surface area contributed by atoms with E-state index >= 15 is 0 Å². The molecular formula is C31H43IN4O3Si.